The van der Waals surface area contributed by atoms with E-state index in [0.29, 0.717) is 30.3 Å². The number of carbonyl (C=O) groups excluding carboxylic acids is 1. The molecule has 0 fully saturated rings. The summed E-state index contributed by atoms with van der Waals surface area (Å²) in [7, 11) is 1.59. The summed E-state index contributed by atoms with van der Waals surface area (Å²) < 4.78 is 10.8. The molecule has 1 amide bonds. The van der Waals surface area contributed by atoms with Gasteiger partial charge in [-0.2, -0.15) is 0 Å². The molecule has 0 unspecified atom stereocenters. The van der Waals surface area contributed by atoms with Crippen molar-refractivity contribution in [2.24, 2.45) is 0 Å². The number of para-hydroxylation sites is 3. The number of rotatable bonds is 8. The summed E-state index contributed by atoms with van der Waals surface area (Å²) in [5.41, 5.74) is 1.27. The van der Waals surface area contributed by atoms with E-state index in [1.165, 1.54) is 6.20 Å². The third-order valence-electron chi connectivity index (χ3n) is 3.74. The van der Waals surface area contributed by atoms with Gasteiger partial charge in [0.25, 0.3) is 5.91 Å². The lowest BCUT2D eigenvalue weighted by molar-refractivity contribution is 0.0937. The topological polar surface area (TPSA) is 72.5 Å². The second-order valence-electron chi connectivity index (χ2n) is 5.72. The molecule has 27 heavy (non-hydrogen) atoms. The minimum atomic E-state index is -0.182. The molecule has 0 spiro atoms. The normalized spacial score (nSPS) is 10.3. The van der Waals surface area contributed by atoms with E-state index >= 15 is 0 Å². The number of nitrogens with one attached hydrogen (secondary N) is 2. The number of aromatic nitrogens is 1. The summed E-state index contributed by atoms with van der Waals surface area (Å²) in [5.74, 6) is 1.88. The van der Waals surface area contributed by atoms with Crippen LogP contribution in [0.25, 0.3) is 0 Å². The van der Waals surface area contributed by atoms with E-state index in [-0.39, 0.29) is 5.91 Å². The van der Waals surface area contributed by atoms with E-state index < -0.39 is 0 Å². The zero-order valence-corrected chi connectivity index (χ0v) is 15.0. The SMILES string of the molecule is COCCNC(=O)c1ccc(Nc2ccccc2Oc2ccccc2)nc1. The average molecular weight is 363 g/mol. The van der Waals surface area contributed by atoms with Crippen molar-refractivity contribution in [1.29, 1.82) is 0 Å². The minimum absolute atomic E-state index is 0.182. The van der Waals surface area contributed by atoms with Crippen LogP contribution in [0.15, 0.2) is 72.9 Å². The highest BCUT2D eigenvalue weighted by Gasteiger charge is 2.08. The van der Waals surface area contributed by atoms with Crippen molar-refractivity contribution in [3.05, 3.63) is 78.5 Å². The Morgan fingerprint density at radius 3 is 2.52 bits per heavy atom. The van der Waals surface area contributed by atoms with Gasteiger partial charge in [-0.1, -0.05) is 30.3 Å². The second-order valence-corrected chi connectivity index (χ2v) is 5.72. The summed E-state index contributed by atoms with van der Waals surface area (Å²) in [6.07, 6.45) is 1.53. The zero-order valence-electron chi connectivity index (χ0n) is 15.0. The summed E-state index contributed by atoms with van der Waals surface area (Å²) in [6, 6.07) is 20.7. The van der Waals surface area contributed by atoms with Crippen molar-refractivity contribution in [2.45, 2.75) is 0 Å². The van der Waals surface area contributed by atoms with E-state index in [9.17, 15) is 4.79 Å². The summed E-state index contributed by atoms with van der Waals surface area (Å²) in [6.45, 7) is 0.927. The number of hydrogen-bond acceptors (Lipinski definition) is 5. The predicted octanol–water partition coefficient (Wildman–Crippen LogP) is 3.99. The number of hydrogen-bond donors (Lipinski definition) is 2. The van der Waals surface area contributed by atoms with Crippen LogP contribution in [0.2, 0.25) is 0 Å². The molecule has 0 saturated heterocycles. The van der Waals surface area contributed by atoms with Crippen molar-refractivity contribution in [3.63, 3.8) is 0 Å². The van der Waals surface area contributed by atoms with Gasteiger partial charge in [0, 0.05) is 19.9 Å². The molecule has 2 aromatic carbocycles. The molecule has 0 atom stereocenters. The number of amides is 1. The lowest BCUT2D eigenvalue weighted by atomic mass is 10.2. The van der Waals surface area contributed by atoms with Crippen LogP contribution in [0.4, 0.5) is 11.5 Å². The third kappa shape index (κ3) is 5.29. The molecule has 3 rings (SSSR count). The molecule has 2 N–H and O–H groups in total. The molecule has 3 aromatic rings. The van der Waals surface area contributed by atoms with Gasteiger partial charge in [-0.25, -0.2) is 4.98 Å². The molecule has 0 radical (unpaired) electrons. The number of ether oxygens (including phenoxy) is 2. The molecule has 1 heterocycles. The smallest absolute Gasteiger partial charge is 0.252 e. The van der Waals surface area contributed by atoms with Crippen LogP contribution in [0.1, 0.15) is 10.4 Å². The Morgan fingerprint density at radius 1 is 1.00 bits per heavy atom. The van der Waals surface area contributed by atoms with Gasteiger partial charge in [-0.05, 0) is 36.4 Å². The maximum atomic E-state index is 12.0. The largest absolute Gasteiger partial charge is 0.455 e. The van der Waals surface area contributed by atoms with E-state index in [0.717, 1.165) is 11.4 Å². The van der Waals surface area contributed by atoms with Crippen LogP contribution in [-0.4, -0.2) is 31.2 Å². The Bertz CT molecular complexity index is 867. The number of methoxy groups -OCH3 is 1. The summed E-state index contributed by atoms with van der Waals surface area (Å²) in [4.78, 5) is 16.3. The van der Waals surface area contributed by atoms with E-state index in [4.69, 9.17) is 9.47 Å². The van der Waals surface area contributed by atoms with Crippen LogP contribution < -0.4 is 15.4 Å². The Hall–Kier alpha value is -3.38. The van der Waals surface area contributed by atoms with Crippen LogP contribution in [0.3, 0.4) is 0 Å². The number of carbonyl (C=O) groups is 1. The minimum Gasteiger partial charge on any atom is -0.455 e. The summed E-state index contributed by atoms with van der Waals surface area (Å²) >= 11 is 0. The zero-order chi connectivity index (χ0) is 18.9. The molecule has 0 aliphatic carbocycles. The number of anilines is 2. The Morgan fingerprint density at radius 2 is 1.78 bits per heavy atom. The lowest BCUT2D eigenvalue weighted by Gasteiger charge is -2.12. The van der Waals surface area contributed by atoms with Crippen molar-refractivity contribution in [3.8, 4) is 11.5 Å². The summed E-state index contributed by atoms with van der Waals surface area (Å²) in [5, 5.41) is 5.98. The highest BCUT2D eigenvalue weighted by molar-refractivity contribution is 5.94. The number of benzene rings is 2. The molecule has 0 bridgehead atoms. The van der Waals surface area contributed by atoms with Gasteiger partial charge in [0.2, 0.25) is 0 Å². The van der Waals surface area contributed by atoms with Crippen molar-refractivity contribution >= 4 is 17.4 Å². The number of pyridine rings is 1. The maximum Gasteiger partial charge on any atom is 0.252 e. The first kappa shape index (κ1) is 18.4. The van der Waals surface area contributed by atoms with Crippen LogP contribution in [0.5, 0.6) is 11.5 Å². The van der Waals surface area contributed by atoms with Gasteiger partial charge < -0.3 is 20.1 Å². The van der Waals surface area contributed by atoms with Gasteiger partial charge >= 0.3 is 0 Å². The monoisotopic (exact) mass is 363 g/mol. The lowest BCUT2D eigenvalue weighted by Crippen LogP contribution is -2.26. The second kappa shape index (κ2) is 9.35. The van der Waals surface area contributed by atoms with Crippen molar-refractivity contribution in [2.75, 3.05) is 25.6 Å². The molecule has 6 nitrogen and oxygen atoms in total. The average Bonchev–Trinajstić information content (AvgIpc) is 2.71. The highest BCUT2D eigenvalue weighted by Crippen LogP contribution is 2.30. The van der Waals surface area contributed by atoms with Crippen molar-refractivity contribution < 1.29 is 14.3 Å². The molecule has 6 heteroatoms. The first-order valence-corrected chi connectivity index (χ1v) is 8.58. The molecule has 1 aromatic heterocycles. The highest BCUT2D eigenvalue weighted by atomic mass is 16.5. The Balaban J connectivity index is 1.68. The van der Waals surface area contributed by atoms with Gasteiger partial charge in [-0.3, -0.25) is 4.79 Å². The Kier molecular flexibility index (Phi) is 6.38. The molecule has 0 aliphatic rings. The molecular weight excluding hydrogens is 342 g/mol. The van der Waals surface area contributed by atoms with Crippen LogP contribution in [-0.2, 0) is 4.74 Å². The molecular formula is C21H21N3O3. The van der Waals surface area contributed by atoms with Gasteiger partial charge in [0.15, 0.2) is 5.75 Å². The third-order valence-corrected chi connectivity index (χ3v) is 3.74. The fourth-order valence-corrected chi connectivity index (χ4v) is 2.38. The van der Waals surface area contributed by atoms with Crippen LogP contribution >= 0.6 is 0 Å². The molecule has 0 saturated carbocycles. The standard InChI is InChI=1S/C21H21N3O3/c1-26-14-13-22-21(25)16-11-12-20(23-15-16)24-18-9-5-6-10-19(18)27-17-7-3-2-4-8-17/h2-12,15H,13-14H2,1H3,(H,22,25)(H,23,24). The van der Waals surface area contributed by atoms with Gasteiger partial charge in [0.05, 0.1) is 17.9 Å². The van der Waals surface area contributed by atoms with Gasteiger partial charge in [-0.15, -0.1) is 0 Å². The number of nitrogens with zero attached hydrogens (tertiary/aromatic N) is 1. The first-order valence-electron chi connectivity index (χ1n) is 8.58. The quantitative estimate of drug-likeness (QED) is 0.592. The molecule has 138 valence electrons. The predicted molar refractivity (Wildman–Crippen MR) is 105 cm³/mol. The fourth-order valence-electron chi connectivity index (χ4n) is 2.38. The van der Waals surface area contributed by atoms with Gasteiger partial charge in [0.1, 0.15) is 11.6 Å². The van der Waals surface area contributed by atoms with Crippen molar-refractivity contribution in [1.82, 2.24) is 10.3 Å². The molecule has 0 aliphatic heterocycles. The van der Waals surface area contributed by atoms with E-state index in [1.54, 1.807) is 19.2 Å². The van der Waals surface area contributed by atoms with Crippen LogP contribution in [0, 0.1) is 0 Å². The maximum absolute atomic E-state index is 12.0. The van der Waals surface area contributed by atoms with E-state index in [1.807, 2.05) is 54.6 Å². The fraction of sp³-hybridized carbons (Fsp3) is 0.143. The first-order chi connectivity index (χ1) is 13.3. The van der Waals surface area contributed by atoms with E-state index in [2.05, 4.69) is 15.6 Å². The Labute approximate surface area is 158 Å².